The summed E-state index contributed by atoms with van der Waals surface area (Å²) in [6, 6.07) is 0. The number of aromatic nitrogens is 1. The number of hydrogen-bond acceptors (Lipinski definition) is 8. The van der Waals surface area contributed by atoms with Gasteiger partial charge in [-0.1, -0.05) is 32.5 Å². The number of rotatable bonds is 5. The van der Waals surface area contributed by atoms with E-state index in [0.29, 0.717) is 24.2 Å². The van der Waals surface area contributed by atoms with Crippen molar-refractivity contribution >= 4 is 48.0 Å². The van der Waals surface area contributed by atoms with Crippen LogP contribution in [0.1, 0.15) is 56.3 Å². The summed E-state index contributed by atoms with van der Waals surface area (Å²) in [4.78, 5) is 5.89. The van der Waals surface area contributed by atoms with Gasteiger partial charge in [-0.3, -0.25) is 0 Å². The molecule has 164 valence electrons. The van der Waals surface area contributed by atoms with E-state index in [1.54, 1.807) is 11.3 Å². The Morgan fingerprint density at radius 1 is 1.24 bits per heavy atom. The van der Waals surface area contributed by atoms with Crippen LogP contribution in [0.4, 0.5) is 0 Å². The van der Waals surface area contributed by atoms with Crippen LogP contribution in [0, 0.1) is 0 Å². The monoisotopic (exact) mass is 475 g/mol. The summed E-state index contributed by atoms with van der Waals surface area (Å²) < 4.78 is 25.1. The van der Waals surface area contributed by atoms with E-state index in [1.807, 2.05) is 12.5 Å². The maximum atomic E-state index is 6.39. The zero-order valence-electron chi connectivity index (χ0n) is 18.3. The van der Waals surface area contributed by atoms with Crippen LogP contribution in [0.3, 0.4) is 0 Å². The van der Waals surface area contributed by atoms with Gasteiger partial charge in [-0.25, -0.2) is 4.98 Å². The molecular weight excluding hydrogens is 443 g/mol. The van der Waals surface area contributed by atoms with Gasteiger partial charge < -0.3 is 18.6 Å². The summed E-state index contributed by atoms with van der Waals surface area (Å²) in [6.07, 6.45) is 7.03. The van der Waals surface area contributed by atoms with E-state index in [-0.39, 0.29) is 5.04 Å². The van der Waals surface area contributed by atoms with Crippen molar-refractivity contribution in [2.45, 2.75) is 82.6 Å². The van der Waals surface area contributed by atoms with Crippen molar-refractivity contribution in [3.63, 3.8) is 0 Å². The van der Waals surface area contributed by atoms with Gasteiger partial charge in [-0.15, -0.1) is 11.3 Å². The summed E-state index contributed by atoms with van der Waals surface area (Å²) in [5, 5.41) is 1.17. The molecule has 1 aliphatic carbocycles. The van der Waals surface area contributed by atoms with E-state index < -0.39 is 19.7 Å². The third-order valence-corrected chi connectivity index (χ3v) is 13.0. The second-order valence-corrected chi connectivity index (χ2v) is 16.7. The minimum absolute atomic E-state index is 0.189. The van der Waals surface area contributed by atoms with Crippen LogP contribution in [0.2, 0.25) is 18.1 Å². The summed E-state index contributed by atoms with van der Waals surface area (Å²) in [5.74, 6) is -0.445. The van der Waals surface area contributed by atoms with Crippen LogP contribution in [0.15, 0.2) is 6.20 Å². The first-order valence-electron chi connectivity index (χ1n) is 10.1. The van der Waals surface area contributed by atoms with Gasteiger partial charge >= 0.3 is 0 Å². The van der Waals surface area contributed by atoms with E-state index in [2.05, 4.69) is 33.9 Å². The molecule has 1 saturated carbocycles. The number of hydrogen-bond donors (Lipinski definition) is 0. The average molecular weight is 476 g/mol. The Kier molecular flexibility index (Phi) is 7.20. The van der Waals surface area contributed by atoms with Gasteiger partial charge in [0.1, 0.15) is 5.01 Å². The highest BCUT2D eigenvalue weighted by Crippen LogP contribution is 2.48. The summed E-state index contributed by atoms with van der Waals surface area (Å²) in [7, 11) is -1.80. The Balaban J connectivity index is 1.75. The highest BCUT2D eigenvalue weighted by molar-refractivity contribution is 8.22. The lowest BCUT2D eigenvalue weighted by Gasteiger charge is -2.42. The molecule has 1 aromatic rings. The van der Waals surface area contributed by atoms with Gasteiger partial charge in [0, 0.05) is 23.9 Å². The van der Waals surface area contributed by atoms with Crippen molar-refractivity contribution in [3.05, 3.63) is 16.1 Å². The van der Waals surface area contributed by atoms with E-state index in [9.17, 15) is 0 Å². The molecular formula is C20H33NO4S3Si. The second kappa shape index (κ2) is 8.84. The Bertz CT molecular complexity index is 716. The lowest BCUT2D eigenvalue weighted by molar-refractivity contribution is -0.201. The molecule has 1 aliphatic heterocycles. The van der Waals surface area contributed by atoms with E-state index in [4.69, 9.17) is 35.8 Å². The Morgan fingerprint density at radius 2 is 1.86 bits per heavy atom. The van der Waals surface area contributed by atoms with E-state index >= 15 is 0 Å². The molecule has 0 N–H and O–H groups in total. The third-order valence-electron chi connectivity index (χ3n) is 6.40. The molecule has 1 saturated heterocycles. The van der Waals surface area contributed by atoms with Crippen molar-refractivity contribution in [2.75, 3.05) is 19.5 Å². The fourth-order valence-corrected chi connectivity index (χ4v) is 5.90. The molecule has 9 heteroatoms. The lowest BCUT2D eigenvalue weighted by Crippen LogP contribution is -2.44. The number of thiocarbonyl (C=S) groups is 1. The number of thioether (sulfide) groups is 1. The molecule has 0 atom stereocenters. The topological polar surface area (TPSA) is 49.8 Å². The molecule has 5 nitrogen and oxygen atoms in total. The normalized spacial score (nSPS) is 21.4. The highest BCUT2D eigenvalue weighted by atomic mass is 32.2. The molecule has 2 fully saturated rings. The quantitative estimate of drug-likeness (QED) is 0.391. The van der Waals surface area contributed by atoms with Crippen LogP contribution >= 0.6 is 35.3 Å². The van der Waals surface area contributed by atoms with E-state index in [1.165, 1.54) is 11.8 Å². The molecule has 0 aromatic carbocycles. The molecule has 2 aliphatic rings. The van der Waals surface area contributed by atoms with E-state index in [0.717, 1.165) is 35.6 Å². The van der Waals surface area contributed by atoms with Crippen LogP contribution in [-0.2, 0) is 30.8 Å². The molecule has 1 aromatic heterocycles. The highest BCUT2D eigenvalue weighted by Gasteiger charge is 2.50. The first-order chi connectivity index (χ1) is 13.5. The molecule has 1 spiro atoms. The Hall–Kier alpha value is -0.0331. The zero-order valence-corrected chi connectivity index (χ0v) is 21.8. The minimum atomic E-state index is -1.80. The van der Waals surface area contributed by atoms with Gasteiger partial charge in [0.15, 0.2) is 19.7 Å². The SMILES string of the molecule is CSC(=S)OC1(c2ncc(CO[Si](C)(C)C(C)(C)C)s2)CCC2(CC1)OCCO2. The average Bonchev–Trinajstić information content (AvgIpc) is 3.32. The lowest BCUT2D eigenvalue weighted by atomic mass is 9.81. The van der Waals surface area contributed by atoms with Gasteiger partial charge in [0.2, 0.25) is 4.38 Å². The molecule has 29 heavy (non-hydrogen) atoms. The molecule has 2 heterocycles. The second-order valence-electron chi connectivity index (χ2n) is 9.34. The standard InChI is InChI=1S/C20H33NO4S3Si/c1-18(2,3)29(5,6)24-14-15-13-21-16(28-15)19(25-17(26)27-4)7-9-20(10-8-19)22-11-12-23-20/h13H,7-12,14H2,1-6H3. The summed E-state index contributed by atoms with van der Waals surface area (Å²) in [6.45, 7) is 13.3. The summed E-state index contributed by atoms with van der Waals surface area (Å²) in [5.41, 5.74) is -0.499. The maximum absolute atomic E-state index is 6.39. The number of thiazole rings is 1. The fourth-order valence-electron chi connectivity index (χ4n) is 3.43. The predicted molar refractivity (Wildman–Crippen MR) is 126 cm³/mol. The molecule has 0 bridgehead atoms. The first kappa shape index (κ1) is 23.6. The van der Waals surface area contributed by atoms with Crippen molar-refractivity contribution in [1.29, 1.82) is 0 Å². The van der Waals surface area contributed by atoms with Crippen LogP contribution in [-0.4, -0.2) is 42.9 Å². The molecule has 3 rings (SSSR count). The maximum Gasteiger partial charge on any atom is 0.220 e. The van der Waals surface area contributed by atoms with Crippen molar-refractivity contribution in [2.24, 2.45) is 0 Å². The van der Waals surface area contributed by atoms with Gasteiger partial charge in [-0.2, -0.15) is 0 Å². The van der Waals surface area contributed by atoms with Crippen molar-refractivity contribution < 1.29 is 18.6 Å². The van der Waals surface area contributed by atoms with Gasteiger partial charge in [0.05, 0.1) is 19.8 Å². The van der Waals surface area contributed by atoms with Crippen molar-refractivity contribution in [3.8, 4) is 0 Å². The molecule has 0 unspecified atom stereocenters. The zero-order chi connectivity index (χ0) is 21.3. The van der Waals surface area contributed by atoms with Gasteiger partial charge in [-0.05, 0) is 49.4 Å². The number of nitrogens with zero attached hydrogens (tertiary/aromatic N) is 1. The molecule has 0 amide bonds. The summed E-state index contributed by atoms with van der Waals surface area (Å²) >= 11 is 8.56. The van der Waals surface area contributed by atoms with Crippen LogP contribution in [0.5, 0.6) is 0 Å². The minimum Gasteiger partial charge on any atom is -0.465 e. The molecule has 0 radical (unpaired) electrons. The number of ether oxygens (including phenoxy) is 3. The first-order valence-corrected chi connectivity index (χ1v) is 15.5. The largest absolute Gasteiger partial charge is 0.465 e. The van der Waals surface area contributed by atoms with Crippen molar-refractivity contribution in [1.82, 2.24) is 4.98 Å². The van der Waals surface area contributed by atoms with Crippen LogP contribution < -0.4 is 0 Å². The Morgan fingerprint density at radius 3 is 2.41 bits per heavy atom. The third kappa shape index (κ3) is 5.24. The van der Waals surface area contributed by atoms with Crippen LogP contribution in [0.25, 0.3) is 0 Å². The fraction of sp³-hybridized carbons (Fsp3) is 0.800. The van der Waals surface area contributed by atoms with Gasteiger partial charge in [0.25, 0.3) is 0 Å². The predicted octanol–water partition coefficient (Wildman–Crippen LogP) is 5.84. The smallest absolute Gasteiger partial charge is 0.220 e. The Labute approximate surface area is 189 Å².